The number of anilines is 1. The Balaban J connectivity index is 1.65. The zero-order valence-electron chi connectivity index (χ0n) is 13.5. The molecule has 0 radical (unpaired) electrons. The molecule has 0 saturated carbocycles. The lowest BCUT2D eigenvalue weighted by molar-refractivity contribution is -0.121. The number of aryl methyl sites for hydroxylation is 1. The first-order valence-electron chi connectivity index (χ1n) is 7.70. The number of rotatable bonds is 4. The molecule has 1 atom stereocenters. The highest BCUT2D eigenvalue weighted by Gasteiger charge is 2.39. The molecule has 1 aliphatic rings. The normalized spacial score (nSPS) is 17.0. The molecule has 1 aliphatic heterocycles. The molecule has 1 saturated heterocycles. The predicted octanol–water partition coefficient (Wildman–Crippen LogP) is 2.21. The van der Waals surface area contributed by atoms with Crippen LogP contribution in [0, 0.1) is 6.92 Å². The number of nitrogens with one attached hydrogen (secondary N) is 2. The Kier molecular flexibility index (Phi) is 4.83. The van der Waals surface area contributed by atoms with Gasteiger partial charge in [-0.2, -0.15) is 0 Å². The molecule has 6 nitrogen and oxygen atoms in total. The van der Waals surface area contributed by atoms with Crippen LogP contribution in [-0.2, 0) is 9.59 Å². The fraction of sp³-hybridized carbons (Fsp3) is 0.167. The standard InChI is InChI=1S/C18H16ClN3O3/c1-11-2-4-12(5-3-11)17(24)21-20-15-10-16(23)22(18(15)25)14-8-6-13(19)7-9-14/h2-9,15,20H,10H2,1H3,(H,21,24)/t15-/m0/s1. The molecule has 0 aliphatic carbocycles. The third-order valence-corrected chi connectivity index (χ3v) is 4.16. The minimum absolute atomic E-state index is 0.0321. The van der Waals surface area contributed by atoms with E-state index in [4.69, 9.17) is 11.6 Å². The maximum atomic E-state index is 12.5. The molecule has 3 rings (SSSR count). The minimum atomic E-state index is -0.808. The van der Waals surface area contributed by atoms with Gasteiger partial charge in [-0.15, -0.1) is 0 Å². The Morgan fingerprint density at radius 3 is 2.36 bits per heavy atom. The molecule has 2 aromatic rings. The molecule has 3 amide bonds. The predicted molar refractivity (Wildman–Crippen MR) is 94.1 cm³/mol. The van der Waals surface area contributed by atoms with Crippen molar-refractivity contribution < 1.29 is 14.4 Å². The number of amides is 3. The Morgan fingerprint density at radius 2 is 1.72 bits per heavy atom. The van der Waals surface area contributed by atoms with Crippen LogP contribution in [0.3, 0.4) is 0 Å². The molecule has 0 bridgehead atoms. The van der Waals surface area contributed by atoms with Crippen molar-refractivity contribution in [3.63, 3.8) is 0 Å². The summed E-state index contributed by atoms with van der Waals surface area (Å²) >= 11 is 5.82. The van der Waals surface area contributed by atoms with E-state index in [1.54, 1.807) is 36.4 Å². The van der Waals surface area contributed by atoms with Gasteiger partial charge in [0, 0.05) is 10.6 Å². The van der Waals surface area contributed by atoms with Crippen LogP contribution in [0.1, 0.15) is 22.3 Å². The average molecular weight is 358 g/mol. The van der Waals surface area contributed by atoms with Crippen LogP contribution < -0.4 is 15.8 Å². The number of nitrogens with zero attached hydrogens (tertiary/aromatic N) is 1. The van der Waals surface area contributed by atoms with Gasteiger partial charge in [-0.05, 0) is 43.3 Å². The Labute approximate surface area is 149 Å². The lowest BCUT2D eigenvalue weighted by Crippen LogP contribution is -2.48. The number of imide groups is 1. The summed E-state index contributed by atoms with van der Waals surface area (Å²) < 4.78 is 0. The first-order chi connectivity index (χ1) is 12.0. The highest BCUT2D eigenvalue weighted by molar-refractivity contribution is 6.30. The van der Waals surface area contributed by atoms with Gasteiger partial charge in [0.15, 0.2) is 0 Å². The maximum Gasteiger partial charge on any atom is 0.265 e. The summed E-state index contributed by atoms with van der Waals surface area (Å²) in [5, 5.41) is 0.517. The molecule has 0 spiro atoms. The first kappa shape index (κ1) is 17.1. The van der Waals surface area contributed by atoms with Gasteiger partial charge < -0.3 is 0 Å². The minimum Gasteiger partial charge on any atom is -0.287 e. The van der Waals surface area contributed by atoms with Crippen LogP contribution in [0.15, 0.2) is 48.5 Å². The van der Waals surface area contributed by atoms with E-state index in [2.05, 4.69) is 10.9 Å². The zero-order valence-corrected chi connectivity index (χ0v) is 14.2. The Bertz CT molecular complexity index is 818. The highest BCUT2D eigenvalue weighted by Crippen LogP contribution is 2.24. The van der Waals surface area contributed by atoms with Crippen molar-refractivity contribution >= 4 is 35.0 Å². The SMILES string of the molecule is Cc1ccc(C(=O)NN[C@H]2CC(=O)N(c3ccc(Cl)cc3)C2=O)cc1. The number of carbonyl (C=O) groups is 3. The molecule has 0 aromatic heterocycles. The molecule has 2 aromatic carbocycles. The summed E-state index contributed by atoms with van der Waals surface area (Å²) in [5.41, 5.74) is 7.09. The number of halogens is 1. The van der Waals surface area contributed by atoms with Crippen molar-refractivity contribution in [3.05, 3.63) is 64.7 Å². The smallest absolute Gasteiger partial charge is 0.265 e. The molecule has 128 valence electrons. The van der Waals surface area contributed by atoms with Crippen molar-refractivity contribution in [3.8, 4) is 0 Å². The number of hydrazine groups is 1. The lowest BCUT2D eigenvalue weighted by atomic mass is 10.1. The van der Waals surface area contributed by atoms with E-state index in [0.29, 0.717) is 16.3 Å². The summed E-state index contributed by atoms with van der Waals surface area (Å²) in [7, 11) is 0. The van der Waals surface area contributed by atoms with E-state index >= 15 is 0 Å². The van der Waals surface area contributed by atoms with Gasteiger partial charge in [0.1, 0.15) is 6.04 Å². The summed E-state index contributed by atoms with van der Waals surface area (Å²) in [6, 6.07) is 12.6. The fourth-order valence-electron chi connectivity index (χ4n) is 2.54. The van der Waals surface area contributed by atoms with E-state index in [1.807, 2.05) is 19.1 Å². The van der Waals surface area contributed by atoms with Crippen LogP contribution in [0.4, 0.5) is 5.69 Å². The highest BCUT2D eigenvalue weighted by atomic mass is 35.5. The third kappa shape index (κ3) is 3.70. The van der Waals surface area contributed by atoms with Gasteiger partial charge >= 0.3 is 0 Å². The molecule has 2 N–H and O–H groups in total. The van der Waals surface area contributed by atoms with Gasteiger partial charge in [0.25, 0.3) is 11.8 Å². The van der Waals surface area contributed by atoms with Gasteiger partial charge in [-0.1, -0.05) is 29.3 Å². The topological polar surface area (TPSA) is 78.5 Å². The van der Waals surface area contributed by atoms with Gasteiger partial charge in [0.2, 0.25) is 5.91 Å². The van der Waals surface area contributed by atoms with Crippen molar-refractivity contribution in [1.82, 2.24) is 10.9 Å². The molecule has 1 heterocycles. The summed E-state index contributed by atoms with van der Waals surface area (Å²) in [5.74, 6) is -1.13. The van der Waals surface area contributed by atoms with Gasteiger partial charge in [-0.3, -0.25) is 19.8 Å². The molecule has 0 unspecified atom stereocenters. The van der Waals surface area contributed by atoms with Crippen molar-refractivity contribution in [2.24, 2.45) is 0 Å². The molecule has 25 heavy (non-hydrogen) atoms. The summed E-state index contributed by atoms with van der Waals surface area (Å²) in [6.07, 6.45) is -0.0321. The largest absolute Gasteiger partial charge is 0.287 e. The first-order valence-corrected chi connectivity index (χ1v) is 8.08. The van der Waals surface area contributed by atoms with Crippen LogP contribution >= 0.6 is 11.6 Å². The van der Waals surface area contributed by atoms with Crippen LogP contribution in [0.2, 0.25) is 5.02 Å². The van der Waals surface area contributed by atoms with Gasteiger partial charge in [0.05, 0.1) is 12.1 Å². The number of hydrogen-bond acceptors (Lipinski definition) is 4. The molecule has 7 heteroatoms. The van der Waals surface area contributed by atoms with Crippen molar-refractivity contribution in [2.75, 3.05) is 4.90 Å². The lowest BCUT2D eigenvalue weighted by Gasteiger charge is -2.16. The quantitative estimate of drug-likeness (QED) is 0.649. The monoisotopic (exact) mass is 357 g/mol. The molecular weight excluding hydrogens is 342 g/mol. The van der Waals surface area contributed by atoms with Crippen molar-refractivity contribution in [1.29, 1.82) is 0 Å². The Hall–Kier alpha value is -2.70. The zero-order chi connectivity index (χ0) is 18.0. The second kappa shape index (κ2) is 7.04. The average Bonchev–Trinajstić information content (AvgIpc) is 2.88. The molecule has 1 fully saturated rings. The second-order valence-corrected chi connectivity index (χ2v) is 6.20. The van der Waals surface area contributed by atoms with E-state index in [-0.39, 0.29) is 18.2 Å². The fourth-order valence-corrected chi connectivity index (χ4v) is 2.66. The van der Waals surface area contributed by atoms with E-state index < -0.39 is 11.9 Å². The van der Waals surface area contributed by atoms with E-state index in [1.165, 1.54) is 0 Å². The van der Waals surface area contributed by atoms with Gasteiger partial charge in [-0.25, -0.2) is 10.3 Å². The summed E-state index contributed by atoms with van der Waals surface area (Å²) in [4.78, 5) is 37.8. The maximum absolute atomic E-state index is 12.5. The second-order valence-electron chi connectivity index (χ2n) is 5.77. The Morgan fingerprint density at radius 1 is 1.08 bits per heavy atom. The molecular formula is C18H16ClN3O3. The van der Waals surface area contributed by atoms with Crippen molar-refractivity contribution in [2.45, 2.75) is 19.4 Å². The number of carbonyl (C=O) groups excluding carboxylic acids is 3. The summed E-state index contributed by atoms with van der Waals surface area (Å²) in [6.45, 7) is 1.92. The number of hydrogen-bond donors (Lipinski definition) is 2. The third-order valence-electron chi connectivity index (χ3n) is 3.91. The van der Waals surface area contributed by atoms with Crippen LogP contribution in [0.25, 0.3) is 0 Å². The van der Waals surface area contributed by atoms with Crippen LogP contribution in [-0.4, -0.2) is 23.8 Å². The van der Waals surface area contributed by atoms with E-state index in [9.17, 15) is 14.4 Å². The number of benzene rings is 2. The van der Waals surface area contributed by atoms with Crippen LogP contribution in [0.5, 0.6) is 0 Å². The van der Waals surface area contributed by atoms with E-state index in [0.717, 1.165) is 10.5 Å².